The minimum Gasteiger partial charge on any atom is -0.497 e. The molecule has 1 fully saturated rings. The molecule has 0 spiro atoms. The number of amides is 2. The molecule has 34 heavy (non-hydrogen) atoms. The zero-order valence-corrected chi connectivity index (χ0v) is 20.1. The van der Waals surface area contributed by atoms with Gasteiger partial charge in [-0.1, -0.05) is 0 Å². The molecule has 4 rings (SSSR count). The zero-order valence-electron chi connectivity index (χ0n) is 19.3. The van der Waals surface area contributed by atoms with Crippen molar-refractivity contribution in [3.8, 4) is 11.5 Å². The number of nitrogens with zero attached hydrogens (tertiary/aromatic N) is 1. The first-order valence-corrected chi connectivity index (χ1v) is 12.7. The van der Waals surface area contributed by atoms with Crippen molar-refractivity contribution in [1.29, 1.82) is 0 Å². The summed E-state index contributed by atoms with van der Waals surface area (Å²) in [7, 11) is -0.614. The molecule has 2 aromatic carbocycles. The van der Waals surface area contributed by atoms with Crippen molar-refractivity contribution >= 4 is 33.2 Å². The van der Waals surface area contributed by atoms with Crippen molar-refractivity contribution in [3.63, 3.8) is 0 Å². The number of ether oxygens (including phenoxy) is 2. The minimum atomic E-state index is -3.69. The molecule has 9 nitrogen and oxygen atoms in total. The van der Waals surface area contributed by atoms with Crippen LogP contribution in [0.15, 0.2) is 41.3 Å². The Hall–Kier alpha value is -3.11. The van der Waals surface area contributed by atoms with Crippen LogP contribution in [0.2, 0.25) is 0 Å². The smallest absolute Gasteiger partial charge is 0.243 e. The molecule has 2 aromatic rings. The molecule has 0 bridgehead atoms. The van der Waals surface area contributed by atoms with Gasteiger partial charge in [-0.2, -0.15) is 4.31 Å². The standard InChI is InChI=1S/C24H29N3O6S/c1-32-19-13-18(14-20(15-19)33-2)25-24(29)16-8-10-27(11-9-16)34(30,31)21-6-7-22-17(12-21)4-3-5-23(28)26-22/h6-7,12-16H,3-5,8-11H2,1-2H3,(H,25,29)(H,26,28). The predicted molar refractivity (Wildman–Crippen MR) is 128 cm³/mol. The highest BCUT2D eigenvalue weighted by atomic mass is 32.2. The number of piperidine rings is 1. The zero-order chi connectivity index (χ0) is 24.3. The van der Waals surface area contributed by atoms with E-state index in [2.05, 4.69) is 10.6 Å². The Morgan fingerprint density at radius 1 is 1.03 bits per heavy atom. The Morgan fingerprint density at radius 2 is 1.71 bits per heavy atom. The fourth-order valence-corrected chi connectivity index (χ4v) is 5.86. The fraction of sp³-hybridized carbons (Fsp3) is 0.417. The molecule has 182 valence electrons. The lowest BCUT2D eigenvalue weighted by atomic mass is 9.97. The van der Waals surface area contributed by atoms with E-state index in [-0.39, 0.29) is 35.7 Å². The van der Waals surface area contributed by atoms with E-state index < -0.39 is 10.0 Å². The Balaban J connectivity index is 1.41. The third-order valence-electron chi connectivity index (χ3n) is 6.28. The number of benzene rings is 2. The number of nitrogens with one attached hydrogen (secondary N) is 2. The van der Waals surface area contributed by atoms with Crippen LogP contribution in [0.1, 0.15) is 31.2 Å². The molecule has 0 saturated carbocycles. The number of sulfonamides is 1. The van der Waals surface area contributed by atoms with Crippen LogP contribution in [0.25, 0.3) is 0 Å². The van der Waals surface area contributed by atoms with E-state index in [1.807, 2.05) is 0 Å². The lowest BCUT2D eigenvalue weighted by Crippen LogP contribution is -2.41. The number of aryl methyl sites for hydroxylation is 1. The largest absolute Gasteiger partial charge is 0.497 e. The first-order valence-electron chi connectivity index (χ1n) is 11.3. The number of anilines is 2. The van der Waals surface area contributed by atoms with Crippen LogP contribution in [-0.4, -0.2) is 51.8 Å². The molecule has 0 atom stereocenters. The van der Waals surface area contributed by atoms with Crippen LogP contribution in [-0.2, 0) is 26.0 Å². The first kappa shape index (κ1) is 24.0. The summed E-state index contributed by atoms with van der Waals surface area (Å²) in [4.78, 5) is 24.8. The van der Waals surface area contributed by atoms with Crippen LogP contribution >= 0.6 is 0 Å². The van der Waals surface area contributed by atoms with Gasteiger partial charge in [0.25, 0.3) is 0 Å². The second kappa shape index (κ2) is 10.0. The molecule has 0 aromatic heterocycles. The summed E-state index contributed by atoms with van der Waals surface area (Å²) < 4.78 is 38.4. The van der Waals surface area contributed by atoms with Gasteiger partial charge in [-0.15, -0.1) is 0 Å². The number of carbonyl (C=O) groups is 2. The van der Waals surface area contributed by atoms with Crippen molar-refractivity contribution in [1.82, 2.24) is 4.31 Å². The maximum absolute atomic E-state index is 13.2. The van der Waals surface area contributed by atoms with E-state index in [1.54, 1.807) is 30.3 Å². The Bertz CT molecular complexity index is 1170. The van der Waals surface area contributed by atoms with E-state index in [4.69, 9.17) is 9.47 Å². The van der Waals surface area contributed by atoms with E-state index in [0.717, 1.165) is 5.56 Å². The van der Waals surface area contributed by atoms with Gasteiger partial charge in [0.05, 0.1) is 19.1 Å². The summed E-state index contributed by atoms with van der Waals surface area (Å²) in [6.07, 6.45) is 2.60. The molecule has 2 heterocycles. The van der Waals surface area contributed by atoms with Gasteiger partial charge in [0.1, 0.15) is 11.5 Å². The van der Waals surface area contributed by atoms with Crippen molar-refractivity contribution in [2.75, 3.05) is 37.9 Å². The number of carbonyl (C=O) groups excluding carboxylic acids is 2. The van der Waals surface area contributed by atoms with Gasteiger partial charge in [0.15, 0.2) is 0 Å². The maximum Gasteiger partial charge on any atom is 0.243 e. The molecular weight excluding hydrogens is 458 g/mol. The highest BCUT2D eigenvalue weighted by Crippen LogP contribution is 2.30. The highest BCUT2D eigenvalue weighted by molar-refractivity contribution is 7.89. The van der Waals surface area contributed by atoms with Gasteiger partial charge in [-0.3, -0.25) is 9.59 Å². The van der Waals surface area contributed by atoms with Gasteiger partial charge in [0, 0.05) is 55.0 Å². The van der Waals surface area contributed by atoms with Crippen LogP contribution in [0.5, 0.6) is 11.5 Å². The third-order valence-corrected chi connectivity index (χ3v) is 8.18. The molecule has 2 aliphatic heterocycles. The second-order valence-electron chi connectivity index (χ2n) is 8.49. The summed E-state index contributed by atoms with van der Waals surface area (Å²) in [6.45, 7) is 0.519. The highest BCUT2D eigenvalue weighted by Gasteiger charge is 2.32. The van der Waals surface area contributed by atoms with E-state index in [9.17, 15) is 18.0 Å². The molecule has 0 radical (unpaired) electrons. The Kier molecular flexibility index (Phi) is 7.08. The van der Waals surface area contributed by atoms with Crippen molar-refractivity contribution < 1.29 is 27.5 Å². The monoisotopic (exact) mass is 487 g/mol. The number of hydrogen-bond donors (Lipinski definition) is 2. The maximum atomic E-state index is 13.2. The fourth-order valence-electron chi connectivity index (χ4n) is 4.34. The quantitative estimate of drug-likeness (QED) is 0.648. The molecule has 2 N–H and O–H groups in total. The molecule has 2 aliphatic rings. The van der Waals surface area contributed by atoms with Crippen LogP contribution in [0.3, 0.4) is 0 Å². The summed E-state index contributed by atoms with van der Waals surface area (Å²) in [5.74, 6) is 0.618. The molecule has 10 heteroatoms. The van der Waals surface area contributed by atoms with Crippen LogP contribution in [0.4, 0.5) is 11.4 Å². The van der Waals surface area contributed by atoms with Crippen molar-refractivity contribution in [2.45, 2.75) is 37.0 Å². The molecule has 0 aliphatic carbocycles. The van der Waals surface area contributed by atoms with Crippen molar-refractivity contribution in [2.24, 2.45) is 5.92 Å². The topological polar surface area (TPSA) is 114 Å². The molecular formula is C24H29N3O6S. The number of methoxy groups -OCH3 is 2. The Morgan fingerprint density at radius 3 is 2.35 bits per heavy atom. The lowest BCUT2D eigenvalue weighted by Gasteiger charge is -2.30. The van der Waals surface area contributed by atoms with Crippen molar-refractivity contribution in [3.05, 3.63) is 42.0 Å². The number of hydrogen-bond acceptors (Lipinski definition) is 6. The average Bonchev–Trinajstić information content (AvgIpc) is 3.03. The van der Waals surface area contributed by atoms with Crippen LogP contribution < -0.4 is 20.1 Å². The summed E-state index contributed by atoms with van der Waals surface area (Å²) in [5, 5.41) is 5.71. The number of rotatable bonds is 6. The van der Waals surface area contributed by atoms with Gasteiger partial charge >= 0.3 is 0 Å². The van der Waals surface area contributed by atoms with Gasteiger partial charge in [-0.25, -0.2) is 8.42 Å². The number of fused-ring (bicyclic) bond motifs is 1. The summed E-state index contributed by atoms with van der Waals surface area (Å²) in [5.41, 5.74) is 2.06. The van der Waals surface area contributed by atoms with E-state index >= 15 is 0 Å². The van der Waals surface area contributed by atoms with Gasteiger partial charge in [-0.05, 0) is 49.4 Å². The SMILES string of the molecule is COc1cc(NC(=O)C2CCN(S(=O)(=O)c3ccc4c(c3)CCCC(=O)N4)CC2)cc(OC)c1. The van der Waals surface area contributed by atoms with Crippen LogP contribution in [0, 0.1) is 5.92 Å². The summed E-state index contributed by atoms with van der Waals surface area (Å²) >= 11 is 0. The first-order chi connectivity index (χ1) is 16.3. The predicted octanol–water partition coefficient (Wildman–Crippen LogP) is 3.02. The van der Waals surface area contributed by atoms with E-state index in [0.29, 0.717) is 55.0 Å². The van der Waals surface area contributed by atoms with E-state index in [1.165, 1.54) is 24.6 Å². The van der Waals surface area contributed by atoms with Gasteiger partial charge in [0.2, 0.25) is 21.8 Å². The normalized spacial score (nSPS) is 17.3. The van der Waals surface area contributed by atoms with Gasteiger partial charge < -0.3 is 20.1 Å². The molecule has 1 saturated heterocycles. The average molecular weight is 488 g/mol. The molecule has 2 amide bonds. The Labute approximate surface area is 199 Å². The third kappa shape index (κ3) is 5.18. The lowest BCUT2D eigenvalue weighted by molar-refractivity contribution is -0.121. The molecule has 0 unspecified atom stereocenters. The summed E-state index contributed by atoms with van der Waals surface area (Å²) in [6, 6.07) is 9.99. The minimum absolute atomic E-state index is 0.0536. The second-order valence-corrected chi connectivity index (χ2v) is 10.4.